The van der Waals surface area contributed by atoms with E-state index in [1.54, 1.807) is 0 Å². The van der Waals surface area contributed by atoms with E-state index in [0.717, 1.165) is 17.8 Å². The average molecular weight is 312 g/mol. The van der Waals surface area contributed by atoms with Crippen LogP contribution < -0.4 is 11.1 Å². The van der Waals surface area contributed by atoms with Gasteiger partial charge in [-0.3, -0.25) is 19.7 Å². The third-order valence-corrected chi connectivity index (χ3v) is 4.27. The maximum absolute atomic E-state index is 12.4. The predicted octanol–water partition coefficient (Wildman–Crippen LogP) is 0.336. The summed E-state index contributed by atoms with van der Waals surface area (Å²) in [5.41, 5.74) is 5.33. The Labute approximate surface area is 125 Å². The van der Waals surface area contributed by atoms with Gasteiger partial charge in [-0.15, -0.1) is 0 Å². The number of rotatable bonds is 5. The maximum Gasteiger partial charge on any atom is 0.324 e. The molecule has 0 spiro atoms. The lowest BCUT2D eigenvalue weighted by Gasteiger charge is -2.23. The first kappa shape index (κ1) is 15.4. The zero-order chi connectivity index (χ0) is 15.4. The van der Waals surface area contributed by atoms with E-state index in [-0.39, 0.29) is 21.7 Å². The van der Waals surface area contributed by atoms with Crippen LogP contribution in [-0.4, -0.2) is 47.3 Å². The lowest BCUT2D eigenvalue weighted by molar-refractivity contribution is -0.380. The molecule has 1 unspecified atom stereocenters. The van der Waals surface area contributed by atoms with Gasteiger partial charge in [0, 0.05) is 25.7 Å². The average Bonchev–Trinajstić information content (AvgIpc) is 3.12. The van der Waals surface area contributed by atoms with Gasteiger partial charge in [0.2, 0.25) is 5.91 Å². The van der Waals surface area contributed by atoms with Gasteiger partial charge < -0.3 is 16.0 Å². The molecule has 1 atom stereocenters. The number of nitrogens with one attached hydrogen (secondary N) is 1. The highest BCUT2D eigenvalue weighted by Crippen LogP contribution is 2.28. The van der Waals surface area contributed by atoms with E-state index in [1.165, 1.54) is 17.0 Å². The Morgan fingerprint density at radius 3 is 2.90 bits per heavy atom. The number of likely N-dealkylation sites (tertiary alicyclic amines) is 1. The van der Waals surface area contributed by atoms with E-state index in [9.17, 15) is 19.7 Å². The molecule has 1 fully saturated rings. The van der Waals surface area contributed by atoms with Crippen molar-refractivity contribution in [2.24, 2.45) is 5.73 Å². The van der Waals surface area contributed by atoms with Crippen LogP contribution in [0.5, 0.6) is 0 Å². The Balaban J connectivity index is 2.09. The van der Waals surface area contributed by atoms with Crippen LogP contribution in [0, 0.1) is 10.1 Å². The Morgan fingerprint density at radius 2 is 2.29 bits per heavy atom. The van der Waals surface area contributed by atoms with Crippen molar-refractivity contribution in [1.82, 2.24) is 10.2 Å². The summed E-state index contributed by atoms with van der Waals surface area (Å²) in [6.07, 6.45) is 1.33. The largest absolute Gasteiger partial charge is 0.353 e. The summed E-state index contributed by atoms with van der Waals surface area (Å²) >= 11 is 0.826. The van der Waals surface area contributed by atoms with Crippen LogP contribution in [0.15, 0.2) is 12.1 Å². The van der Waals surface area contributed by atoms with E-state index < -0.39 is 11.0 Å². The van der Waals surface area contributed by atoms with Gasteiger partial charge in [0.15, 0.2) is 0 Å². The third kappa shape index (κ3) is 3.37. The van der Waals surface area contributed by atoms with Crippen LogP contribution in [0.2, 0.25) is 0 Å². The molecule has 2 heterocycles. The number of carbonyl (C=O) groups is 2. The molecule has 21 heavy (non-hydrogen) atoms. The van der Waals surface area contributed by atoms with Crippen molar-refractivity contribution in [3.8, 4) is 0 Å². The van der Waals surface area contributed by atoms with Crippen molar-refractivity contribution < 1.29 is 14.5 Å². The Bertz CT molecular complexity index is 559. The second kappa shape index (κ2) is 6.64. The van der Waals surface area contributed by atoms with E-state index in [1.807, 2.05) is 0 Å². The minimum Gasteiger partial charge on any atom is -0.353 e. The maximum atomic E-state index is 12.4. The lowest BCUT2D eigenvalue weighted by atomic mass is 10.2. The van der Waals surface area contributed by atoms with Crippen molar-refractivity contribution in [2.75, 3.05) is 19.6 Å². The second-order valence-electron chi connectivity index (χ2n) is 4.63. The van der Waals surface area contributed by atoms with Crippen molar-refractivity contribution in [3.63, 3.8) is 0 Å². The molecule has 0 bridgehead atoms. The normalized spacial score (nSPS) is 17.8. The standard InChI is InChI=1S/C12H16N4O4S/c13-5-6-14-11(17)8-2-1-7-15(8)12(18)9-3-4-10(21-9)16(19)20/h3-4,8H,1-2,5-7,13H2,(H,14,17). The van der Waals surface area contributed by atoms with Gasteiger partial charge in [-0.25, -0.2) is 0 Å². The van der Waals surface area contributed by atoms with Crippen molar-refractivity contribution in [2.45, 2.75) is 18.9 Å². The molecule has 114 valence electrons. The minimum absolute atomic E-state index is 0.0818. The molecule has 2 amide bonds. The fourth-order valence-electron chi connectivity index (χ4n) is 2.28. The molecule has 1 aliphatic rings. The number of nitro groups is 1. The van der Waals surface area contributed by atoms with Crippen LogP contribution in [0.25, 0.3) is 0 Å². The van der Waals surface area contributed by atoms with Gasteiger partial charge in [0.25, 0.3) is 5.91 Å². The number of nitrogens with zero attached hydrogens (tertiary/aromatic N) is 2. The number of amides is 2. The summed E-state index contributed by atoms with van der Waals surface area (Å²) < 4.78 is 0. The van der Waals surface area contributed by atoms with Crippen molar-refractivity contribution >= 4 is 28.2 Å². The topological polar surface area (TPSA) is 119 Å². The number of carbonyl (C=O) groups excluding carboxylic acids is 2. The highest BCUT2D eigenvalue weighted by molar-refractivity contribution is 7.17. The van der Waals surface area contributed by atoms with Gasteiger partial charge in [-0.05, 0) is 18.9 Å². The third-order valence-electron chi connectivity index (χ3n) is 3.24. The van der Waals surface area contributed by atoms with Gasteiger partial charge in [0.1, 0.15) is 6.04 Å². The first-order valence-corrected chi connectivity index (χ1v) is 7.39. The zero-order valence-electron chi connectivity index (χ0n) is 11.3. The molecule has 8 nitrogen and oxygen atoms in total. The molecule has 1 aliphatic heterocycles. The molecule has 1 aromatic rings. The molecule has 1 aromatic heterocycles. The quantitative estimate of drug-likeness (QED) is 0.600. The number of hydrogen-bond donors (Lipinski definition) is 2. The summed E-state index contributed by atoms with van der Waals surface area (Å²) in [5.74, 6) is -0.559. The highest BCUT2D eigenvalue weighted by atomic mass is 32.1. The number of hydrogen-bond acceptors (Lipinski definition) is 6. The smallest absolute Gasteiger partial charge is 0.324 e. The molecule has 0 aliphatic carbocycles. The van der Waals surface area contributed by atoms with Gasteiger partial charge in [0.05, 0.1) is 9.80 Å². The first-order chi connectivity index (χ1) is 10.0. The van der Waals surface area contributed by atoms with Crippen molar-refractivity contribution in [3.05, 3.63) is 27.1 Å². The van der Waals surface area contributed by atoms with Crippen LogP contribution in [-0.2, 0) is 4.79 Å². The summed E-state index contributed by atoms with van der Waals surface area (Å²) in [7, 11) is 0. The first-order valence-electron chi connectivity index (χ1n) is 6.57. The van der Waals surface area contributed by atoms with E-state index >= 15 is 0 Å². The highest BCUT2D eigenvalue weighted by Gasteiger charge is 2.35. The molecule has 0 radical (unpaired) electrons. The van der Waals surface area contributed by atoms with Crippen LogP contribution >= 0.6 is 11.3 Å². The van der Waals surface area contributed by atoms with Gasteiger partial charge in [-0.2, -0.15) is 0 Å². The predicted molar refractivity (Wildman–Crippen MR) is 77.1 cm³/mol. The Hall–Kier alpha value is -2.00. The van der Waals surface area contributed by atoms with E-state index in [2.05, 4.69) is 5.32 Å². The van der Waals surface area contributed by atoms with Crippen LogP contribution in [0.3, 0.4) is 0 Å². The van der Waals surface area contributed by atoms with E-state index in [4.69, 9.17) is 5.73 Å². The molecule has 0 saturated carbocycles. The van der Waals surface area contributed by atoms with E-state index in [0.29, 0.717) is 26.1 Å². The minimum atomic E-state index is -0.531. The van der Waals surface area contributed by atoms with Crippen LogP contribution in [0.1, 0.15) is 22.5 Å². The summed E-state index contributed by atoms with van der Waals surface area (Å²) in [6.45, 7) is 1.18. The molecule has 2 rings (SSSR count). The monoisotopic (exact) mass is 312 g/mol. The SMILES string of the molecule is NCCNC(=O)C1CCCN1C(=O)c1ccc([N+](=O)[O-])s1. The molecule has 9 heteroatoms. The fourth-order valence-corrected chi connectivity index (χ4v) is 3.05. The Morgan fingerprint density at radius 1 is 1.52 bits per heavy atom. The molecular formula is C12H16N4O4S. The molecule has 3 N–H and O–H groups in total. The Kier molecular flexibility index (Phi) is 4.86. The van der Waals surface area contributed by atoms with Crippen molar-refractivity contribution in [1.29, 1.82) is 0 Å². The van der Waals surface area contributed by atoms with Crippen LogP contribution in [0.4, 0.5) is 5.00 Å². The zero-order valence-corrected chi connectivity index (χ0v) is 12.1. The lowest BCUT2D eigenvalue weighted by Crippen LogP contribution is -2.46. The summed E-state index contributed by atoms with van der Waals surface area (Å²) in [4.78, 5) is 36.3. The summed E-state index contributed by atoms with van der Waals surface area (Å²) in [6, 6.07) is 2.21. The fraction of sp³-hybridized carbons (Fsp3) is 0.500. The molecule has 1 saturated heterocycles. The second-order valence-corrected chi connectivity index (χ2v) is 5.69. The van der Waals surface area contributed by atoms with Gasteiger partial charge in [-0.1, -0.05) is 11.3 Å². The molecule has 0 aromatic carbocycles. The summed E-state index contributed by atoms with van der Waals surface area (Å²) in [5, 5.41) is 13.3. The molecular weight excluding hydrogens is 296 g/mol. The number of thiophene rings is 1. The number of nitrogens with two attached hydrogens (primary N) is 1. The van der Waals surface area contributed by atoms with Gasteiger partial charge >= 0.3 is 5.00 Å².